The number of likely N-dealkylation sites (tertiary alicyclic amines) is 1. The van der Waals surface area contributed by atoms with Crippen LogP contribution in [-0.4, -0.2) is 72.6 Å². The number of aromatic nitrogens is 2. The summed E-state index contributed by atoms with van der Waals surface area (Å²) in [6, 6.07) is 4.83. The van der Waals surface area contributed by atoms with E-state index in [1.54, 1.807) is 13.2 Å². The van der Waals surface area contributed by atoms with E-state index in [2.05, 4.69) is 22.0 Å². The largest absolute Gasteiger partial charge is 0.497 e. The van der Waals surface area contributed by atoms with Crippen LogP contribution in [-0.2, 0) is 20.7 Å². The number of nitrogens with one attached hydrogen (secondary N) is 1. The molecule has 0 saturated carbocycles. The van der Waals surface area contributed by atoms with Crippen LogP contribution in [0.25, 0.3) is 11.0 Å². The van der Waals surface area contributed by atoms with Crippen molar-refractivity contribution >= 4 is 29.3 Å². The van der Waals surface area contributed by atoms with Gasteiger partial charge in [0, 0.05) is 12.5 Å². The first kappa shape index (κ1) is 23.2. The van der Waals surface area contributed by atoms with Gasteiger partial charge in [-0.3, -0.25) is 4.79 Å². The number of hydrogen-bond acceptors (Lipinski definition) is 8. The Morgan fingerprint density at radius 1 is 1.25 bits per heavy atom. The summed E-state index contributed by atoms with van der Waals surface area (Å²) in [5.41, 5.74) is 2.12. The highest BCUT2D eigenvalue weighted by Crippen LogP contribution is 2.27. The molecule has 1 aliphatic rings. The van der Waals surface area contributed by atoms with Crippen LogP contribution in [0.1, 0.15) is 31.9 Å². The maximum absolute atomic E-state index is 12.5. The number of alkyl carbamates (subject to hydrolysis) is 1. The summed E-state index contributed by atoms with van der Waals surface area (Å²) < 4.78 is 15.9. The number of ether oxygens (including phenoxy) is 3. The quantitative estimate of drug-likeness (QED) is 0.582. The number of fused-ring (bicyclic) bond motifs is 1. The number of benzene rings is 1. The molecular weight excluding hydrogens is 416 g/mol. The van der Waals surface area contributed by atoms with E-state index in [-0.39, 0.29) is 19.0 Å². The van der Waals surface area contributed by atoms with E-state index in [1.165, 1.54) is 12.0 Å². The third-order valence-corrected chi connectivity index (χ3v) is 5.30. The Morgan fingerprint density at radius 2 is 2.06 bits per heavy atom. The van der Waals surface area contributed by atoms with Gasteiger partial charge in [0.25, 0.3) is 0 Å². The van der Waals surface area contributed by atoms with E-state index in [4.69, 9.17) is 14.5 Å². The van der Waals surface area contributed by atoms with Crippen LogP contribution in [0.2, 0.25) is 0 Å². The Balaban J connectivity index is 1.79. The molecule has 0 bridgehead atoms. The molecule has 2 atom stereocenters. The van der Waals surface area contributed by atoms with E-state index >= 15 is 0 Å². The van der Waals surface area contributed by atoms with Gasteiger partial charge in [0.2, 0.25) is 11.8 Å². The second kappa shape index (κ2) is 10.7. The minimum absolute atomic E-state index is 0.205. The van der Waals surface area contributed by atoms with Gasteiger partial charge in [-0.25, -0.2) is 14.8 Å². The standard InChI is InChI=1S/C22H28N4O6/c1-4-5-6-18-21(25-19-10-15(30-2)7-8-17(19)24-18)32-16-9-14(13-27)26(12-16)20(28)11-23-22(29)31-3/h7-8,10,13-14,16H,4-6,9,11-12H2,1-3H3,(H,23,29)/t14-,16+/m0/s1. The van der Waals surface area contributed by atoms with Crippen molar-refractivity contribution in [1.29, 1.82) is 0 Å². The number of amides is 2. The van der Waals surface area contributed by atoms with Gasteiger partial charge >= 0.3 is 6.09 Å². The van der Waals surface area contributed by atoms with Crippen molar-refractivity contribution in [2.45, 2.75) is 44.8 Å². The average Bonchev–Trinajstić information content (AvgIpc) is 3.23. The number of methoxy groups -OCH3 is 2. The first-order valence-corrected chi connectivity index (χ1v) is 10.6. The second-order valence-electron chi connectivity index (χ2n) is 7.50. The molecule has 0 unspecified atom stereocenters. The van der Waals surface area contributed by atoms with Crippen LogP contribution < -0.4 is 14.8 Å². The van der Waals surface area contributed by atoms with Crippen LogP contribution in [0.4, 0.5) is 4.79 Å². The Hall–Kier alpha value is -3.43. The van der Waals surface area contributed by atoms with E-state index in [1.807, 2.05) is 12.1 Å². The first-order chi connectivity index (χ1) is 15.5. The number of nitrogens with zero attached hydrogens (tertiary/aromatic N) is 3. The molecule has 2 aromatic rings. The molecule has 1 N–H and O–H groups in total. The molecule has 1 fully saturated rings. The summed E-state index contributed by atoms with van der Waals surface area (Å²) in [6.07, 6.45) is 2.54. The molecule has 1 aromatic carbocycles. The highest BCUT2D eigenvalue weighted by Gasteiger charge is 2.37. The Bertz CT molecular complexity index is 982. The second-order valence-corrected chi connectivity index (χ2v) is 7.50. The molecular formula is C22H28N4O6. The molecule has 1 aliphatic heterocycles. The highest BCUT2D eigenvalue weighted by molar-refractivity contribution is 5.85. The highest BCUT2D eigenvalue weighted by atomic mass is 16.5. The number of unbranched alkanes of at least 4 members (excludes halogenated alkanes) is 1. The van der Waals surface area contributed by atoms with Crippen LogP contribution in [0.15, 0.2) is 18.2 Å². The molecule has 0 aliphatic carbocycles. The zero-order valence-electron chi connectivity index (χ0n) is 18.5. The lowest BCUT2D eigenvalue weighted by atomic mass is 10.2. The maximum atomic E-state index is 12.5. The number of carbonyl (C=O) groups excluding carboxylic acids is 3. The third-order valence-electron chi connectivity index (χ3n) is 5.30. The van der Waals surface area contributed by atoms with E-state index in [9.17, 15) is 14.4 Å². The molecule has 2 amide bonds. The molecule has 10 heteroatoms. The van der Waals surface area contributed by atoms with Gasteiger partial charge in [-0.2, -0.15) is 0 Å². The summed E-state index contributed by atoms with van der Waals surface area (Å²) in [7, 11) is 2.80. The van der Waals surface area contributed by atoms with Crippen molar-refractivity contribution in [1.82, 2.24) is 20.2 Å². The van der Waals surface area contributed by atoms with E-state index < -0.39 is 18.2 Å². The van der Waals surface area contributed by atoms with Gasteiger partial charge < -0.3 is 29.2 Å². The summed E-state index contributed by atoms with van der Waals surface area (Å²) >= 11 is 0. The van der Waals surface area contributed by atoms with Crippen molar-refractivity contribution in [3.63, 3.8) is 0 Å². The number of aldehydes is 1. The number of carbonyl (C=O) groups is 3. The summed E-state index contributed by atoms with van der Waals surface area (Å²) in [5.74, 6) is 0.672. The molecule has 0 spiro atoms. The maximum Gasteiger partial charge on any atom is 0.407 e. The van der Waals surface area contributed by atoms with Crippen molar-refractivity contribution in [3.8, 4) is 11.6 Å². The lowest BCUT2D eigenvalue weighted by Gasteiger charge is -2.20. The van der Waals surface area contributed by atoms with Crippen molar-refractivity contribution in [2.75, 3.05) is 27.3 Å². The molecule has 0 radical (unpaired) electrons. The molecule has 3 rings (SSSR count). The van der Waals surface area contributed by atoms with Crippen molar-refractivity contribution in [3.05, 3.63) is 23.9 Å². The fourth-order valence-corrected chi connectivity index (χ4v) is 3.59. The topological polar surface area (TPSA) is 120 Å². The van der Waals surface area contributed by atoms with Crippen molar-refractivity contribution in [2.24, 2.45) is 0 Å². The Morgan fingerprint density at radius 3 is 2.75 bits per heavy atom. The normalized spacial score (nSPS) is 17.8. The van der Waals surface area contributed by atoms with E-state index in [0.29, 0.717) is 36.3 Å². The lowest BCUT2D eigenvalue weighted by molar-refractivity contribution is -0.133. The van der Waals surface area contributed by atoms with Gasteiger partial charge in [-0.05, 0) is 25.0 Å². The SMILES string of the molecule is CCCCc1nc2ccc(OC)cc2nc1O[C@@H]1C[C@@H](C=O)N(C(=O)CNC(=O)OC)C1. The Kier molecular flexibility index (Phi) is 7.80. The van der Waals surface area contributed by atoms with Gasteiger partial charge in [-0.1, -0.05) is 13.3 Å². The fourth-order valence-electron chi connectivity index (χ4n) is 3.59. The number of hydrogen-bond donors (Lipinski definition) is 1. The predicted octanol–water partition coefficient (Wildman–Crippen LogP) is 1.88. The molecule has 172 valence electrons. The van der Waals surface area contributed by atoms with Gasteiger partial charge in [0.05, 0.1) is 37.8 Å². The molecule has 1 aromatic heterocycles. The van der Waals surface area contributed by atoms with E-state index in [0.717, 1.165) is 24.1 Å². The zero-order valence-corrected chi connectivity index (χ0v) is 18.5. The minimum atomic E-state index is -0.713. The van der Waals surface area contributed by atoms with Crippen molar-refractivity contribution < 1.29 is 28.6 Å². The monoisotopic (exact) mass is 444 g/mol. The predicted molar refractivity (Wildman–Crippen MR) is 116 cm³/mol. The van der Waals surface area contributed by atoms with Crippen LogP contribution in [0, 0.1) is 0 Å². The molecule has 10 nitrogen and oxygen atoms in total. The van der Waals surface area contributed by atoms with Crippen LogP contribution in [0.5, 0.6) is 11.6 Å². The zero-order chi connectivity index (χ0) is 23.1. The summed E-state index contributed by atoms with van der Waals surface area (Å²) in [6.45, 7) is 2.04. The lowest BCUT2D eigenvalue weighted by Crippen LogP contribution is -2.43. The fraction of sp³-hybridized carbons (Fsp3) is 0.500. The summed E-state index contributed by atoms with van der Waals surface area (Å²) in [5, 5.41) is 2.34. The summed E-state index contributed by atoms with van der Waals surface area (Å²) in [4.78, 5) is 46.1. The molecule has 2 heterocycles. The van der Waals surface area contributed by atoms with Crippen LogP contribution in [0.3, 0.4) is 0 Å². The smallest absolute Gasteiger partial charge is 0.407 e. The number of aryl methyl sites for hydroxylation is 1. The van der Waals surface area contributed by atoms with Gasteiger partial charge in [-0.15, -0.1) is 0 Å². The first-order valence-electron chi connectivity index (χ1n) is 10.6. The van der Waals surface area contributed by atoms with Gasteiger partial charge in [0.1, 0.15) is 30.4 Å². The Labute approximate surface area is 186 Å². The average molecular weight is 444 g/mol. The minimum Gasteiger partial charge on any atom is -0.497 e. The van der Waals surface area contributed by atoms with Gasteiger partial charge in [0.15, 0.2) is 0 Å². The molecule has 1 saturated heterocycles. The molecule has 32 heavy (non-hydrogen) atoms. The third kappa shape index (κ3) is 5.43. The van der Waals surface area contributed by atoms with Crippen LogP contribution >= 0.6 is 0 Å². The number of rotatable bonds is 9.